The van der Waals surface area contributed by atoms with Crippen molar-refractivity contribution in [2.75, 3.05) is 13.2 Å². The van der Waals surface area contributed by atoms with E-state index in [1.165, 1.54) is 29.5 Å². The number of halogens is 1. The first kappa shape index (κ1) is 16.8. The van der Waals surface area contributed by atoms with Crippen molar-refractivity contribution in [2.24, 2.45) is 0 Å². The van der Waals surface area contributed by atoms with E-state index in [9.17, 15) is 9.18 Å². The van der Waals surface area contributed by atoms with Crippen molar-refractivity contribution in [3.8, 4) is 0 Å². The Labute approximate surface area is 144 Å². The Morgan fingerprint density at radius 3 is 3.12 bits per heavy atom. The average Bonchev–Trinajstić information content (AvgIpc) is 3.26. The predicted molar refractivity (Wildman–Crippen MR) is 91.9 cm³/mol. The number of ether oxygens (including phenoxy) is 1. The van der Waals surface area contributed by atoms with Gasteiger partial charge in [-0.15, -0.1) is 11.3 Å². The van der Waals surface area contributed by atoms with E-state index in [1.54, 1.807) is 23.2 Å². The molecule has 0 radical (unpaired) electrons. The maximum absolute atomic E-state index is 13.4. The van der Waals surface area contributed by atoms with Crippen molar-refractivity contribution in [1.82, 2.24) is 9.88 Å². The number of rotatable bonds is 6. The van der Waals surface area contributed by atoms with Gasteiger partial charge in [0.05, 0.1) is 6.10 Å². The van der Waals surface area contributed by atoms with Crippen LogP contribution < -0.4 is 0 Å². The summed E-state index contributed by atoms with van der Waals surface area (Å²) in [6, 6.07) is 6.34. The Bertz CT molecular complexity index is 697. The highest BCUT2D eigenvalue weighted by Crippen LogP contribution is 2.16. The van der Waals surface area contributed by atoms with Crippen molar-refractivity contribution in [1.29, 1.82) is 0 Å². The molecule has 0 bridgehead atoms. The summed E-state index contributed by atoms with van der Waals surface area (Å²) in [7, 11) is 0. The SMILES string of the molecule is O=C(/C=C/c1nccs1)N(Cc1cccc(F)c1)C[C@@H]1CCCO1. The van der Waals surface area contributed by atoms with Gasteiger partial charge in [-0.05, 0) is 36.6 Å². The van der Waals surface area contributed by atoms with Crippen molar-refractivity contribution in [3.05, 3.63) is 58.3 Å². The molecule has 1 atom stereocenters. The van der Waals surface area contributed by atoms with E-state index < -0.39 is 0 Å². The van der Waals surface area contributed by atoms with Gasteiger partial charge in [-0.25, -0.2) is 9.37 Å². The lowest BCUT2D eigenvalue weighted by atomic mass is 10.1. The van der Waals surface area contributed by atoms with Gasteiger partial charge in [0.1, 0.15) is 10.8 Å². The Balaban J connectivity index is 1.71. The van der Waals surface area contributed by atoms with Crippen LogP contribution in [0.2, 0.25) is 0 Å². The number of carbonyl (C=O) groups excluding carboxylic acids is 1. The van der Waals surface area contributed by atoms with Crippen LogP contribution in [0.25, 0.3) is 6.08 Å². The van der Waals surface area contributed by atoms with Crippen LogP contribution in [0.15, 0.2) is 41.9 Å². The van der Waals surface area contributed by atoms with E-state index in [0.717, 1.165) is 30.0 Å². The molecule has 1 aromatic carbocycles. The minimum absolute atomic E-state index is 0.0516. The largest absolute Gasteiger partial charge is 0.376 e. The molecule has 2 aromatic rings. The quantitative estimate of drug-likeness (QED) is 0.752. The van der Waals surface area contributed by atoms with Gasteiger partial charge in [-0.2, -0.15) is 0 Å². The first-order valence-corrected chi connectivity index (χ1v) is 8.81. The van der Waals surface area contributed by atoms with Crippen LogP contribution in [0.1, 0.15) is 23.4 Å². The number of benzene rings is 1. The molecule has 1 aromatic heterocycles. The fourth-order valence-electron chi connectivity index (χ4n) is 2.69. The zero-order valence-corrected chi connectivity index (χ0v) is 14.0. The summed E-state index contributed by atoms with van der Waals surface area (Å²) >= 11 is 1.47. The fraction of sp³-hybridized carbons (Fsp3) is 0.333. The topological polar surface area (TPSA) is 42.4 Å². The summed E-state index contributed by atoms with van der Waals surface area (Å²) in [5.41, 5.74) is 0.768. The Hall–Kier alpha value is -2.05. The summed E-state index contributed by atoms with van der Waals surface area (Å²) in [6.45, 7) is 1.61. The van der Waals surface area contributed by atoms with Gasteiger partial charge in [-0.3, -0.25) is 4.79 Å². The van der Waals surface area contributed by atoms with Crippen molar-refractivity contribution in [3.63, 3.8) is 0 Å². The third kappa shape index (κ3) is 4.72. The molecule has 1 aliphatic rings. The van der Waals surface area contributed by atoms with E-state index in [2.05, 4.69) is 4.98 Å². The second kappa shape index (κ2) is 8.17. The van der Waals surface area contributed by atoms with Gasteiger partial charge in [-0.1, -0.05) is 12.1 Å². The minimum atomic E-state index is -0.296. The molecule has 1 saturated heterocycles. The minimum Gasteiger partial charge on any atom is -0.376 e. The molecule has 0 aliphatic carbocycles. The first-order chi connectivity index (χ1) is 11.7. The normalized spacial score (nSPS) is 17.5. The highest BCUT2D eigenvalue weighted by Gasteiger charge is 2.21. The predicted octanol–water partition coefficient (Wildman–Crippen LogP) is 3.50. The number of hydrogen-bond donors (Lipinski definition) is 0. The Kier molecular flexibility index (Phi) is 5.72. The van der Waals surface area contributed by atoms with Crippen LogP contribution in [0.4, 0.5) is 4.39 Å². The molecule has 0 saturated carbocycles. The standard InChI is InChI=1S/C18H19FN2O2S/c19-15-4-1-3-14(11-15)12-21(13-16-5-2-9-23-16)18(22)7-6-17-20-8-10-24-17/h1,3-4,6-8,10-11,16H,2,5,9,12-13H2/b7-6+/t16-/m0/s1. The number of nitrogens with zero attached hydrogens (tertiary/aromatic N) is 2. The van der Waals surface area contributed by atoms with Crippen molar-refractivity contribution in [2.45, 2.75) is 25.5 Å². The van der Waals surface area contributed by atoms with Gasteiger partial charge in [0.25, 0.3) is 0 Å². The summed E-state index contributed by atoms with van der Waals surface area (Å²) < 4.78 is 19.1. The van der Waals surface area contributed by atoms with Crippen LogP contribution in [-0.4, -0.2) is 35.0 Å². The number of hydrogen-bond acceptors (Lipinski definition) is 4. The van der Waals surface area contributed by atoms with E-state index >= 15 is 0 Å². The van der Waals surface area contributed by atoms with E-state index in [1.807, 2.05) is 11.4 Å². The molecule has 0 unspecified atom stereocenters. The van der Waals surface area contributed by atoms with Crippen LogP contribution in [-0.2, 0) is 16.1 Å². The number of carbonyl (C=O) groups is 1. The van der Waals surface area contributed by atoms with Gasteiger partial charge in [0.15, 0.2) is 0 Å². The second-order valence-corrected chi connectivity index (χ2v) is 6.61. The zero-order chi connectivity index (χ0) is 16.8. The lowest BCUT2D eigenvalue weighted by molar-refractivity contribution is -0.128. The van der Waals surface area contributed by atoms with Gasteiger partial charge < -0.3 is 9.64 Å². The fourth-order valence-corrected chi connectivity index (χ4v) is 3.22. The third-order valence-electron chi connectivity index (χ3n) is 3.84. The maximum Gasteiger partial charge on any atom is 0.247 e. The van der Waals surface area contributed by atoms with Gasteiger partial charge in [0, 0.05) is 37.3 Å². The smallest absolute Gasteiger partial charge is 0.247 e. The molecule has 126 valence electrons. The van der Waals surface area contributed by atoms with Crippen LogP contribution in [0.5, 0.6) is 0 Å². The average molecular weight is 346 g/mol. The van der Waals surface area contributed by atoms with E-state index in [4.69, 9.17) is 4.74 Å². The third-order valence-corrected chi connectivity index (χ3v) is 4.58. The summed E-state index contributed by atoms with van der Waals surface area (Å²) in [4.78, 5) is 18.4. The molecule has 0 spiro atoms. The summed E-state index contributed by atoms with van der Waals surface area (Å²) in [5.74, 6) is -0.416. The maximum atomic E-state index is 13.4. The zero-order valence-electron chi connectivity index (χ0n) is 13.2. The van der Waals surface area contributed by atoms with Crippen LogP contribution >= 0.6 is 11.3 Å². The van der Waals surface area contributed by atoms with Gasteiger partial charge >= 0.3 is 0 Å². The highest BCUT2D eigenvalue weighted by atomic mass is 32.1. The lowest BCUT2D eigenvalue weighted by Gasteiger charge is -2.24. The molecule has 1 aliphatic heterocycles. The van der Waals surface area contributed by atoms with E-state index in [0.29, 0.717) is 13.1 Å². The highest BCUT2D eigenvalue weighted by molar-refractivity contribution is 7.10. The van der Waals surface area contributed by atoms with Crippen molar-refractivity contribution >= 4 is 23.3 Å². The van der Waals surface area contributed by atoms with E-state index in [-0.39, 0.29) is 17.8 Å². The van der Waals surface area contributed by atoms with Gasteiger partial charge in [0.2, 0.25) is 5.91 Å². The molecule has 2 heterocycles. The molecular formula is C18H19FN2O2S. The molecule has 1 fully saturated rings. The molecular weight excluding hydrogens is 327 g/mol. The second-order valence-electron chi connectivity index (χ2n) is 5.69. The number of aromatic nitrogens is 1. The molecule has 0 N–H and O–H groups in total. The van der Waals surface area contributed by atoms with Crippen LogP contribution in [0, 0.1) is 5.82 Å². The number of amides is 1. The summed E-state index contributed by atoms with van der Waals surface area (Å²) in [6.07, 6.45) is 6.95. The lowest BCUT2D eigenvalue weighted by Crippen LogP contribution is -2.35. The monoisotopic (exact) mass is 346 g/mol. The van der Waals surface area contributed by atoms with Crippen molar-refractivity contribution < 1.29 is 13.9 Å². The molecule has 1 amide bonds. The van der Waals surface area contributed by atoms with Crippen LogP contribution in [0.3, 0.4) is 0 Å². The summed E-state index contributed by atoms with van der Waals surface area (Å²) in [5, 5.41) is 2.65. The Morgan fingerprint density at radius 1 is 1.50 bits per heavy atom. The molecule has 3 rings (SSSR count). The molecule has 24 heavy (non-hydrogen) atoms. The molecule has 6 heteroatoms. The molecule has 4 nitrogen and oxygen atoms in total. The number of thiazole rings is 1. The Morgan fingerprint density at radius 2 is 2.42 bits per heavy atom. The first-order valence-electron chi connectivity index (χ1n) is 7.93.